The van der Waals surface area contributed by atoms with Gasteiger partial charge in [-0.1, -0.05) is 48.5 Å². The van der Waals surface area contributed by atoms with E-state index in [1.54, 1.807) is 0 Å². The molecule has 0 aliphatic carbocycles. The summed E-state index contributed by atoms with van der Waals surface area (Å²) in [5.74, 6) is 0. The third-order valence-electron chi connectivity index (χ3n) is 3.32. The molecule has 0 saturated carbocycles. The van der Waals surface area contributed by atoms with Crippen molar-refractivity contribution in [2.75, 3.05) is 0 Å². The maximum atomic E-state index is 4.34. The van der Waals surface area contributed by atoms with Crippen molar-refractivity contribution in [1.82, 2.24) is 4.98 Å². The van der Waals surface area contributed by atoms with E-state index in [0.717, 1.165) is 18.8 Å². The van der Waals surface area contributed by atoms with Crippen LogP contribution in [0.4, 0.5) is 0 Å². The molecule has 0 atom stereocenters. The molecule has 0 radical (unpaired) electrons. The Balaban J connectivity index is 1.72. The van der Waals surface area contributed by atoms with E-state index in [4.69, 9.17) is 0 Å². The normalized spacial score (nSPS) is 10.7. The van der Waals surface area contributed by atoms with E-state index < -0.39 is 0 Å². The molecule has 3 aromatic rings. The molecule has 19 heavy (non-hydrogen) atoms. The van der Waals surface area contributed by atoms with Crippen LogP contribution in [0.2, 0.25) is 0 Å². The van der Waals surface area contributed by atoms with Gasteiger partial charge in [-0.2, -0.15) is 0 Å². The number of quaternary nitrogens is 1. The summed E-state index contributed by atoms with van der Waals surface area (Å²) in [5.41, 5.74) is 2.51. The summed E-state index contributed by atoms with van der Waals surface area (Å²) in [6.07, 6.45) is 1.85. The van der Waals surface area contributed by atoms with Crippen LogP contribution in [0.25, 0.3) is 10.8 Å². The topological polar surface area (TPSA) is 29.5 Å². The molecule has 1 heterocycles. The Morgan fingerprint density at radius 2 is 1.63 bits per heavy atom. The van der Waals surface area contributed by atoms with Gasteiger partial charge in [-0.25, -0.2) is 0 Å². The standard InChI is InChI=1S/C17H16N2/c1-2-10-17-14(6-1)7-5-8-15(17)12-18-13-16-9-3-4-11-19-16/h1-11,18H,12-13H2/p+1. The minimum absolute atomic E-state index is 0.921. The molecule has 0 amide bonds. The number of pyridine rings is 1. The van der Waals surface area contributed by atoms with Gasteiger partial charge in [0.25, 0.3) is 0 Å². The summed E-state index contributed by atoms with van der Waals surface area (Å²) in [4.78, 5) is 4.34. The molecule has 0 bridgehead atoms. The summed E-state index contributed by atoms with van der Waals surface area (Å²) in [6, 6.07) is 21.1. The fourth-order valence-electron chi connectivity index (χ4n) is 2.36. The first-order valence-electron chi connectivity index (χ1n) is 6.62. The SMILES string of the molecule is c1ccc(C[NH2+]Cc2cccc3ccccc23)nc1. The number of nitrogens with two attached hydrogens (primary N) is 1. The quantitative estimate of drug-likeness (QED) is 0.756. The van der Waals surface area contributed by atoms with Gasteiger partial charge in [0.1, 0.15) is 13.1 Å². The molecule has 2 nitrogen and oxygen atoms in total. The Morgan fingerprint density at radius 3 is 2.53 bits per heavy atom. The van der Waals surface area contributed by atoms with E-state index in [-0.39, 0.29) is 0 Å². The molecule has 1 aromatic heterocycles. The first kappa shape index (κ1) is 11.9. The maximum absolute atomic E-state index is 4.34. The fraction of sp³-hybridized carbons (Fsp3) is 0.118. The van der Waals surface area contributed by atoms with Crippen LogP contribution in [0.5, 0.6) is 0 Å². The number of fused-ring (bicyclic) bond motifs is 1. The monoisotopic (exact) mass is 249 g/mol. The van der Waals surface area contributed by atoms with Crippen LogP contribution in [0, 0.1) is 0 Å². The van der Waals surface area contributed by atoms with Crippen molar-refractivity contribution < 1.29 is 5.32 Å². The molecule has 0 aliphatic rings. The summed E-state index contributed by atoms with van der Waals surface area (Å²) >= 11 is 0. The molecule has 2 heteroatoms. The van der Waals surface area contributed by atoms with Gasteiger partial charge in [0.15, 0.2) is 0 Å². The van der Waals surface area contributed by atoms with Crippen molar-refractivity contribution >= 4 is 10.8 Å². The zero-order valence-electron chi connectivity index (χ0n) is 10.8. The largest absolute Gasteiger partial charge is 0.337 e. The fourth-order valence-corrected chi connectivity index (χ4v) is 2.36. The van der Waals surface area contributed by atoms with Gasteiger partial charge >= 0.3 is 0 Å². The van der Waals surface area contributed by atoms with Gasteiger partial charge in [-0.3, -0.25) is 4.98 Å². The van der Waals surface area contributed by atoms with Crippen molar-refractivity contribution in [3.05, 3.63) is 78.1 Å². The van der Waals surface area contributed by atoms with E-state index in [1.165, 1.54) is 16.3 Å². The summed E-state index contributed by atoms with van der Waals surface area (Å²) in [7, 11) is 0. The lowest BCUT2D eigenvalue weighted by Gasteiger charge is -2.05. The zero-order valence-corrected chi connectivity index (χ0v) is 10.8. The average molecular weight is 249 g/mol. The van der Waals surface area contributed by atoms with E-state index in [9.17, 15) is 0 Å². The van der Waals surface area contributed by atoms with Crippen molar-refractivity contribution in [3.63, 3.8) is 0 Å². The van der Waals surface area contributed by atoms with E-state index >= 15 is 0 Å². The van der Waals surface area contributed by atoms with Crippen LogP contribution >= 0.6 is 0 Å². The number of nitrogens with zero attached hydrogens (tertiary/aromatic N) is 1. The summed E-state index contributed by atoms with van der Waals surface area (Å²) < 4.78 is 0. The number of aromatic nitrogens is 1. The average Bonchev–Trinajstić information content (AvgIpc) is 2.49. The van der Waals surface area contributed by atoms with Gasteiger partial charge in [0.05, 0.1) is 5.69 Å². The summed E-state index contributed by atoms with van der Waals surface area (Å²) in [6.45, 7) is 1.90. The second-order valence-electron chi connectivity index (χ2n) is 4.66. The number of benzene rings is 2. The first-order chi connectivity index (χ1) is 9.43. The molecule has 2 aromatic carbocycles. The highest BCUT2D eigenvalue weighted by Gasteiger charge is 2.02. The predicted octanol–water partition coefficient (Wildman–Crippen LogP) is 2.50. The number of hydrogen-bond donors (Lipinski definition) is 1. The van der Waals surface area contributed by atoms with Crippen molar-refractivity contribution in [1.29, 1.82) is 0 Å². The Bertz CT molecular complexity index is 657. The third kappa shape index (κ3) is 2.80. The molecule has 2 N–H and O–H groups in total. The van der Waals surface area contributed by atoms with Crippen LogP contribution in [0.1, 0.15) is 11.3 Å². The predicted molar refractivity (Wildman–Crippen MR) is 77.5 cm³/mol. The van der Waals surface area contributed by atoms with Crippen LogP contribution in [-0.4, -0.2) is 4.98 Å². The second-order valence-corrected chi connectivity index (χ2v) is 4.66. The highest BCUT2D eigenvalue weighted by molar-refractivity contribution is 5.85. The molecule has 94 valence electrons. The lowest BCUT2D eigenvalue weighted by Crippen LogP contribution is -2.80. The Kier molecular flexibility index (Phi) is 3.52. The Labute approximate surface area is 113 Å². The molecule has 0 saturated heterocycles. The molecular formula is C17H17N2+. The minimum Gasteiger partial charge on any atom is -0.337 e. The van der Waals surface area contributed by atoms with Crippen LogP contribution < -0.4 is 5.32 Å². The molecule has 0 fully saturated rings. The van der Waals surface area contributed by atoms with Gasteiger partial charge in [0, 0.05) is 11.8 Å². The summed E-state index contributed by atoms with van der Waals surface area (Å²) in [5, 5.41) is 4.96. The zero-order chi connectivity index (χ0) is 12.9. The van der Waals surface area contributed by atoms with E-state index in [2.05, 4.69) is 58.8 Å². The highest BCUT2D eigenvalue weighted by atomic mass is 14.9. The van der Waals surface area contributed by atoms with Gasteiger partial charge in [0.2, 0.25) is 0 Å². The number of hydrogen-bond acceptors (Lipinski definition) is 1. The smallest absolute Gasteiger partial charge is 0.119 e. The van der Waals surface area contributed by atoms with Crippen molar-refractivity contribution in [3.8, 4) is 0 Å². The van der Waals surface area contributed by atoms with Crippen LogP contribution in [-0.2, 0) is 13.1 Å². The highest BCUT2D eigenvalue weighted by Crippen LogP contribution is 2.17. The Morgan fingerprint density at radius 1 is 0.789 bits per heavy atom. The maximum Gasteiger partial charge on any atom is 0.119 e. The minimum atomic E-state index is 0.921. The number of rotatable bonds is 4. The van der Waals surface area contributed by atoms with Crippen molar-refractivity contribution in [2.24, 2.45) is 0 Å². The lowest BCUT2D eigenvalue weighted by molar-refractivity contribution is -0.686. The van der Waals surface area contributed by atoms with Crippen LogP contribution in [0.15, 0.2) is 66.9 Å². The first-order valence-corrected chi connectivity index (χ1v) is 6.62. The van der Waals surface area contributed by atoms with Gasteiger partial charge in [-0.15, -0.1) is 0 Å². The molecule has 0 spiro atoms. The molecular weight excluding hydrogens is 232 g/mol. The van der Waals surface area contributed by atoms with E-state index in [0.29, 0.717) is 0 Å². The van der Waals surface area contributed by atoms with Gasteiger partial charge < -0.3 is 5.32 Å². The molecule has 3 rings (SSSR count). The van der Waals surface area contributed by atoms with Crippen molar-refractivity contribution in [2.45, 2.75) is 13.1 Å². The third-order valence-corrected chi connectivity index (χ3v) is 3.32. The van der Waals surface area contributed by atoms with E-state index in [1.807, 2.05) is 18.3 Å². The second kappa shape index (κ2) is 5.63. The Hall–Kier alpha value is -2.19. The molecule has 0 aliphatic heterocycles. The molecule has 0 unspecified atom stereocenters. The van der Waals surface area contributed by atoms with Gasteiger partial charge in [-0.05, 0) is 22.9 Å². The van der Waals surface area contributed by atoms with Crippen LogP contribution in [0.3, 0.4) is 0 Å². The lowest BCUT2D eigenvalue weighted by atomic mass is 10.0.